The van der Waals surface area contributed by atoms with E-state index < -0.39 is 0 Å². The second-order valence-corrected chi connectivity index (χ2v) is 5.14. The van der Waals surface area contributed by atoms with Gasteiger partial charge in [0.15, 0.2) is 11.5 Å². The summed E-state index contributed by atoms with van der Waals surface area (Å²) in [6.07, 6.45) is 0.900. The first-order valence-corrected chi connectivity index (χ1v) is 7.03. The van der Waals surface area contributed by atoms with E-state index in [1.165, 1.54) is 0 Å². The summed E-state index contributed by atoms with van der Waals surface area (Å²) in [6.45, 7) is 3.06. The first-order chi connectivity index (χ1) is 9.28. The van der Waals surface area contributed by atoms with Crippen LogP contribution < -0.4 is 15.2 Å². The molecule has 0 bridgehead atoms. The van der Waals surface area contributed by atoms with E-state index in [0.717, 1.165) is 33.5 Å². The molecule has 0 unspecified atom stereocenters. The number of ether oxygens (including phenoxy) is 2. The quantitative estimate of drug-likeness (QED) is 0.882. The van der Waals surface area contributed by atoms with Crippen LogP contribution in [0.3, 0.4) is 0 Å². The van der Waals surface area contributed by atoms with Gasteiger partial charge in [0.1, 0.15) is 11.6 Å². The highest BCUT2D eigenvalue weighted by molar-refractivity contribution is 7.11. The molecule has 19 heavy (non-hydrogen) atoms. The van der Waals surface area contributed by atoms with Crippen molar-refractivity contribution in [3.8, 4) is 11.5 Å². The lowest BCUT2D eigenvalue weighted by molar-refractivity contribution is 0.284. The van der Waals surface area contributed by atoms with E-state index in [1.54, 1.807) is 18.4 Å². The fourth-order valence-corrected chi connectivity index (χ4v) is 2.76. The van der Waals surface area contributed by atoms with Crippen molar-refractivity contribution in [1.29, 1.82) is 0 Å². The molecule has 0 fully saturated rings. The standard InChI is InChI=1S/C14H18N2O2S/c1-3-10-13(8-15)19-14(16-10)9-18-12-7-5-4-6-11(12)17-2/h4-7H,3,8-9,15H2,1-2H3. The maximum Gasteiger partial charge on any atom is 0.161 e. The highest BCUT2D eigenvalue weighted by Crippen LogP contribution is 2.27. The van der Waals surface area contributed by atoms with Crippen LogP contribution in [-0.2, 0) is 19.6 Å². The number of methoxy groups -OCH3 is 1. The molecule has 102 valence electrons. The number of para-hydroxylation sites is 2. The average Bonchev–Trinajstić information content (AvgIpc) is 2.87. The second kappa shape index (κ2) is 6.54. The van der Waals surface area contributed by atoms with Crippen molar-refractivity contribution >= 4 is 11.3 Å². The van der Waals surface area contributed by atoms with Crippen LogP contribution in [0.1, 0.15) is 22.5 Å². The number of aromatic nitrogens is 1. The van der Waals surface area contributed by atoms with Crippen molar-refractivity contribution < 1.29 is 9.47 Å². The Labute approximate surface area is 117 Å². The van der Waals surface area contributed by atoms with Gasteiger partial charge in [-0.15, -0.1) is 11.3 Å². The summed E-state index contributed by atoms with van der Waals surface area (Å²) in [5.41, 5.74) is 6.78. The first-order valence-electron chi connectivity index (χ1n) is 6.21. The Balaban J connectivity index is 2.08. The second-order valence-electron chi connectivity index (χ2n) is 3.97. The number of aryl methyl sites for hydroxylation is 1. The lowest BCUT2D eigenvalue weighted by atomic mass is 10.3. The smallest absolute Gasteiger partial charge is 0.161 e. The van der Waals surface area contributed by atoms with Gasteiger partial charge in [0.05, 0.1) is 12.8 Å². The minimum absolute atomic E-state index is 0.443. The number of nitrogens with zero attached hydrogens (tertiary/aromatic N) is 1. The summed E-state index contributed by atoms with van der Waals surface area (Å²) in [5.74, 6) is 1.46. The molecule has 1 aromatic carbocycles. The van der Waals surface area contributed by atoms with Crippen molar-refractivity contribution in [2.24, 2.45) is 5.73 Å². The minimum Gasteiger partial charge on any atom is -0.493 e. The molecule has 0 atom stereocenters. The molecule has 1 heterocycles. The topological polar surface area (TPSA) is 57.4 Å². The van der Waals surface area contributed by atoms with Gasteiger partial charge >= 0.3 is 0 Å². The Morgan fingerprint density at radius 1 is 1.26 bits per heavy atom. The molecule has 4 nitrogen and oxygen atoms in total. The Hall–Kier alpha value is -1.59. The van der Waals surface area contributed by atoms with Crippen LogP contribution in [0.5, 0.6) is 11.5 Å². The SMILES string of the molecule is CCc1nc(COc2ccccc2OC)sc1CN. The van der Waals surface area contributed by atoms with Gasteiger partial charge in [0.25, 0.3) is 0 Å². The van der Waals surface area contributed by atoms with Gasteiger partial charge in [-0.3, -0.25) is 0 Å². The molecule has 0 aliphatic carbocycles. The van der Waals surface area contributed by atoms with Crippen LogP contribution in [0.15, 0.2) is 24.3 Å². The summed E-state index contributed by atoms with van der Waals surface area (Å²) >= 11 is 1.61. The number of nitrogens with two attached hydrogens (primary N) is 1. The van der Waals surface area contributed by atoms with Crippen molar-refractivity contribution in [3.63, 3.8) is 0 Å². The van der Waals surface area contributed by atoms with Crippen molar-refractivity contribution in [2.75, 3.05) is 7.11 Å². The summed E-state index contributed by atoms with van der Waals surface area (Å²) in [4.78, 5) is 5.68. The van der Waals surface area contributed by atoms with E-state index in [4.69, 9.17) is 15.2 Å². The van der Waals surface area contributed by atoms with Gasteiger partial charge in [-0.25, -0.2) is 4.98 Å². The molecule has 0 spiro atoms. The zero-order valence-corrected chi connectivity index (χ0v) is 12.0. The average molecular weight is 278 g/mol. The number of hydrogen-bond acceptors (Lipinski definition) is 5. The summed E-state index contributed by atoms with van der Waals surface area (Å²) in [5, 5.41) is 0.947. The Bertz CT molecular complexity index is 518. The summed E-state index contributed by atoms with van der Waals surface area (Å²) in [6, 6.07) is 7.59. The van der Waals surface area contributed by atoms with Crippen LogP contribution in [0.4, 0.5) is 0 Å². The van der Waals surface area contributed by atoms with Crippen molar-refractivity contribution in [3.05, 3.63) is 39.8 Å². The first kappa shape index (κ1) is 13.8. The van der Waals surface area contributed by atoms with E-state index in [9.17, 15) is 0 Å². The largest absolute Gasteiger partial charge is 0.493 e. The van der Waals surface area contributed by atoms with Gasteiger partial charge in [-0.2, -0.15) is 0 Å². The molecular formula is C14H18N2O2S. The number of thiazole rings is 1. The third kappa shape index (κ3) is 3.24. The van der Waals surface area contributed by atoms with Gasteiger partial charge in [-0.05, 0) is 18.6 Å². The summed E-state index contributed by atoms with van der Waals surface area (Å²) < 4.78 is 11.0. The molecule has 5 heteroatoms. The molecule has 0 saturated carbocycles. The molecular weight excluding hydrogens is 260 g/mol. The molecule has 0 radical (unpaired) electrons. The molecule has 2 aromatic rings. The van der Waals surface area contributed by atoms with Crippen LogP contribution in [0.25, 0.3) is 0 Å². The number of hydrogen-bond donors (Lipinski definition) is 1. The Morgan fingerprint density at radius 3 is 2.58 bits per heavy atom. The monoisotopic (exact) mass is 278 g/mol. The van der Waals surface area contributed by atoms with Crippen LogP contribution >= 0.6 is 11.3 Å². The van der Waals surface area contributed by atoms with Gasteiger partial charge in [0, 0.05) is 11.4 Å². The van der Waals surface area contributed by atoms with Gasteiger partial charge in [-0.1, -0.05) is 19.1 Å². The van der Waals surface area contributed by atoms with Gasteiger partial charge in [0.2, 0.25) is 0 Å². The highest BCUT2D eigenvalue weighted by Gasteiger charge is 2.10. The van der Waals surface area contributed by atoms with Crippen LogP contribution in [-0.4, -0.2) is 12.1 Å². The molecule has 0 amide bonds. The number of rotatable bonds is 6. The Kier molecular flexibility index (Phi) is 4.76. The van der Waals surface area contributed by atoms with E-state index in [1.807, 2.05) is 24.3 Å². The summed E-state index contributed by atoms with van der Waals surface area (Å²) in [7, 11) is 1.63. The zero-order chi connectivity index (χ0) is 13.7. The fraction of sp³-hybridized carbons (Fsp3) is 0.357. The van der Waals surface area contributed by atoms with E-state index >= 15 is 0 Å². The van der Waals surface area contributed by atoms with E-state index in [-0.39, 0.29) is 0 Å². The molecule has 1 aromatic heterocycles. The highest BCUT2D eigenvalue weighted by atomic mass is 32.1. The molecule has 2 rings (SSSR count). The fourth-order valence-electron chi connectivity index (χ4n) is 1.81. The maximum atomic E-state index is 5.75. The third-order valence-electron chi connectivity index (χ3n) is 2.76. The normalized spacial score (nSPS) is 10.5. The van der Waals surface area contributed by atoms with E-state index in [0.29, 0.717) is 13.2 Å². The molecule has 0 saturated heterocycles. The van der Waals surface area contributed by atoms with Gasteiger partial charge < -0.3 is 15.2 Å². The molecule has 2 N–H and O–H groups in total. The predicted molar refractivity (Wildman–Crippen MR) is 76.7 cm³/mol. The lowest BCUT2D eigenvalue weighted by Crippen LogP contribution is -1.98. The van der Waals surface area contributed by atoms with Crippen molar-refractivity contribution in [1.82, 2.24) is 4.98 Å². The number of benzene rings is 1. The predicted octanol–water partition coefficient (Wildman–Crippen LogP) is 2.75. The molecule has 0 aliphatic rings. The molecule has 0 aliphatic heterocycles. The van der Waals surface area contributed by atoms with E-state index in [2.05, 4.69) is 11.9 Å². The Morgan fingerprint density at radius 2 is 2.00 bits per heavy atom. The maximum absolute atomic E-state index is 5.75. The van der Waals surface area contributed by atoms with Crippen LogP contribution in [0.2, 0.25) is 0 Å². The third-order valence-corrected chi connectivity index (χ3v) is 3.86. The zero-order valence-electron chi connectivity index (χ0n) is 11.2. The van der Waals surface area contributed by atoms with Crippen LogP contribution in [0, 0.1) is 0 Å². The lowest BCUT2D eigenvalue weighted by Gasteiger charge is -2.08. The van der Waals surface area contributed by atoms with Crippen molar-refractivity contribution in [2.45, 2.75) is 26.5 Å². The minimum atomic E-state index is 0.443.